The number of benzene rings is 1. The van der Waals surface area contributed by atoms with Gasteiger partial charge >= 0.3 is 11.9 Å². The lowest BCUT2D eigenvalue weighted by Gasteiger charge is -1.99. The molecule has 7 nitrogen and oxygen atoms in total. The summed E-state index contributed by atoms with van der Waals surface area (Å²) in [4.78, 5) is 29.7. The molecule has 8 heteroatoms. The van der Waals surface area contributed by atoms with Crippen LogP contribution in [0.4, 0.5) is 5.82 Å². The molecule has 0 amide bonds. The maximum absolute atomic E-state index is 11.5. The Balaban J connectivity index is 0.00000220. The number of carbonyl (C=O) groups is 2. The summed E-state index contributed by atoms with van der Waals surface area (Å²) in [6, 6.07) is 4.59. The lowest BCUT2D eigenvalue weighted by molar-refractivity contribution is 0.0599. The summed E-state index contributed by atoms with van der Waals surface area (Å²) in [7, 11) is 1.26. The van der Waals surface area contributed by atoms with Crippen LogP contribution in [0.3, 0.4) is 0 Å². The average molecular weight is 312 g/mol. The number of aromatic carboxylic acids is 1. The number of aromatic amines is 1. The fourth-order valence-electron chi connectivity index (χ4n) is 1.90. The third-order valence-corrected chi connectivity index (χ3v) is 2.70. The van der Waals surface area contributed by atoms with Gasteiger partial charge in [0.15, 0.2) is 0 Å². The van der Waals surface area contributed by atoms with Crippen molar-refractivity contribution in [2.75, 3.05) is 7.11 Å². The predicted molar refractivity (Wildman–Crippen MR) is 80.8 cm³/mol. The molecule has 0 aliphatic carbocycles. The number of methoxy groups -OCH3 is 1. The molecule has 1 heterocycles. The van der Waals surface area contributed by atoms with Crippen LogP contribution < -0.4 is 5.73 Å². The molecule has 4 N–H and O–H groups in total. The summed E-state index contributed by atoms with van der Waals surface area (Å²) in [5, 5.41) is 9.68. The molecular weight excluding hydrogens is 298 g/mol. The van der Waals surface area contributed by atoms with Gasteiger partial charge in [-0.15, -0.1) is 12.4 Å². The molecule has 2 aromatic rings. The number of carboxylic acid groups (broad SMARTS) is 1. The highest BCUT2D eigenvalue weighted by Gasteiger charge is 2.19. The molecule has 0 spiro atoms. The fraction of sp³-hybridized carbons (Fsp3) is 0.154. The summed E-state index contributed by atoms with van der Waals surface area (Å²) >= 11 is 0. The standard InChI is InChI=1S/C13H13N3O4.ClH/c1-6(14)15-11-10(12(17)18)8-5-7(13(19)20-2)3-4-9(8)16-11;/h3-5,16H,1-2H3,(H2,14,15)(H,17,18);1H. The normalized spacial score (nSPS) is 11.0. The molecule has 0 saturated heterocycles. The van der Waals surface area contributed by atoms with E-state index in [1.165, 1.54) is 13.2 Å². The van der Waals surface area contributed by atoms with Crippen LogP contribution in [0.5, 0.6) is 0 Å². The molecule has 0 fully saturated rings. The summed E-state index contributed by atoms with van der Waals surface area (Å²) in [6.07, 6.45) is 0. The van der Waals surface area contributed by atoms with Crippen molar-refractivity contribution in [3.05, 3.63) is 29.3 Å². The Morgan fingerprint density at radius 3 is 2.57 bits per heavy atom. The Bertz CT molecular complexity index is 732. The molecule has 0 saturated carbocycles. The van der Waals surface area contributed by atoms with Gasteiger partial charge in [0.2, 0.25) is 0 Å². The number of fused-ring (bicyclic) bond motifs is 1. The number of ether oxygens (including phenoxy) is 1. The minimum Gasteiger partial charge on any atom is -0.478 e. The minimum absolute atomic E-state index is 0. The van der Waals surface area contributed by atoms with Gasteiger partial charge in [0, 0.05) is 10.9 Å². The van der Waals surface area contributed by atoms with Crippen LogP contribution in [-0.2, 0) is 4.74 Å². The molecule has 0 bridgehead atoms. The molecule has 0 radical (unpaired) electrons. The van der Waals surface area contributed by atoms with E-state index in [9.17, 15) is 14.7 Å². The summed E-state index contributed by atoms with van der Waals surface area (Å²) < 4.78 is 4.61. The zero-order chi connectivity index (χ0) is 14.9. The Hall–Kier alpha value is -2.54. The fourth-order valence-corrected chi connectivity index (χ4v) is 1.90. The van der Waals surface area contributed by atoms with E-state index in [1.807, 2.05) is 0 Å². The van der Waals surface area contributed by atoms with Gasteiger partial charge in [-0.25, -0.2) is 14.6 Å². The summed E-state index contributed by atoms with van der Waals surface area (Å²) in [6.45, 7) is 1.55. The van der Waals surface area contributed by atoms with Crippen molar-refractivity contribution in [1.82, 2.24) is 4.98 Å². The number of aliphatic imine (C=N–C) groups is 1. The highest BCUT2D eigenvalue weighted by Crippen LogP contribution is 2.29. The lowest BCUT2D eigenvalue weighted by Crippen LogP contribution is -2.05. The van der Waals surface area contributed by atoms with E-state index in [4.69, 9.17) is 5.73 Å². The maximum Gasteiger partial charge on any atom is 0.340 e. The van der Waals surface area contributed by atoms with Gasteiger partial charge < -0.3 is 20.6 Å². The molecule has 0 aliphatic heterocycles. The zero-order valence-corrected chi connectivity index (χ0v) is 12.2. The number of halogens is 1. The van der Waals surface area contributed by atoms with Crippen LogP contribution in [0, 0.1) is 0 Å². The molecule has 0 unspecified atom stereocenters. The number of aromatic nitrogens is 1. The number of nitrogens with two attached hydrogens (primary N) is 1. The van der Waals surface area contributed by atoms with Crippen LogP contribution >= 0.6 is 12.4 Å². The van der Waals surface area contributed by atoms with Crippen molar-refractivity contribution in [3.63, 3.8) is 0 Å². The van der Waals surface area contributed by atoms with Gasteiger partial charge in [0.1, 0.15) is 11.4 Å². The molecule has 0 aliphatic rings. The molecule has 2 rings (SSSR count). The quantitative estimate of drug-likeness (QED) is 0.455. The van der Waals surface area contributed by atoms with Crippen molar-refractivity contribution >= 4 is 46.9 Å². The van der Waals surface area contributed by atoms with E-state index in [1.54, 1.807) is 19.1 Å². The number of amidine groups is 1. The molecule has 1 aromatic heterocycles. The topological polar surface area (TPSA) is 118 Å². The third-order valence-electron chi connectivity index (χ3n) is 2.70. The average Bonchev–Trinajstić information content (AvgIpc) is 2.73. The molecule has 21 heavy (non-hydrogen) atoms. The van der Waals surface area contributed by atoms with Crippen molar-refractivity contribution in [1.29, 1.82) is 0 Å². The van der Waals surface area contributed by atoms with Crippen LogP contribution in [0.25, 0.3) is 10.9 Å². The second-order valence-corrected chi connectivity index (χ2v) is 4.16. The highest BCUT2D eigenvalue weighted by molar-refractivity contribution is 6.10. The number of esters is 1. The molecule has 112 valence electrons. The maximum atomic E-state index is 11.5. The third kappa shape index (κ3) is 3.14. The number of nitrogens with one attached hydrogen (secondary N) is 1. The van der Waals surface area contributed by atoms with Crippen molar-refractivity contribution in [2.24, 2.45) is 10.7 Å². The molecule has 0 atom stereocenters. The van der Waals surface area contributed by atoms with E-state index in [-0.39, 0.29) is 35.2 Å². The van der Waals surface area contributed by atoms with Crippen LogP contribution in [0.1, 0.15) is 27.6 Å². The zero-order valence-electron chi connectivity index (χ0n) is 11.3. The van der Waals surface area contributed by atoms with E-state index < -0.39 is 11.9 Å². The SMILES string of the molecule is COC(=O)c1ccc2[nH]c(N=C(C)N)c(C(=O)O)c2c1.Cl. The second-order valence-electron chi connectivity index (χ2n) is 4.16. The lowest BCUT2D eigenvalue weighted by atomic mass is 10.1. The van der Waals surface area contributed by atoms with Gasteiger partial charge in [-0.2, -0.15) is 0 Å². The monoisotopic (exact) mass is 311 g/mol. The van der Waals surface area contributed by atoms with E-state index in [0.29, 0.717) is 10.9 Å². The van der Waals surface area contributed by atoms with Crippen molar-refractivity contribution in [3.8, 4) is 0 Å². The highest BCUT2D eigenvalue weighted by atomic mass is 35.5. The minimum atomic E-state index is -1.15. The number of hydrogen-bond acceptors (Lipinski definition) is 4. The van der Waals surface area contributed by atoms with Gasteiger partial charge in [-0.05, 0) is 25.1 Å². The van der Waals surface area contributed by atoms with E-state index in [2.05, 4.69) is 14.7 Å². The van der Waals surface area contributed by atoms with E-state index in [0.717, 1.165) is 0 Å². The summed E-state index contributed by atoms with van der Waals surface area (Å²) in [5.74, 6) is -1.32. The van der Waals surface area contributed by atoms with Crippen LogP contribution in [-0.4, -0.2) is 35.0 Å². The molecular formula is C13H14ClN3O4. The largest absolute Gasteiger partial charge is 0.478 e. The first-order chi connectivity index (χ1) is 9.43. The Kier molecular flexibility index (Phi) is 4.93. The van der Waals surface area contributed by atoms with E-state index >= 15 is 0 Å². The Labute approximate surface area is 126 Å². The first-order valence-corrected chi connectivity index (χ1v) is 5.72. The van der Waals surface area contributed by atoms with Gasteiger partial charge in [-0.1, -0.05) is 0 Å². The van der Waals surface area contributed by atoms with Crippen molar-refractivity contribution in [2.45, 2.75) is 6.92 Å². The number of H-pyrrole nitrogens is 1. The second kappa shape index (κ2) is 6.27. The Morgan fingerprint density at radius 2 is 2.05 bits per heavy atom. The smallest absolute Gasteiger partial charge is 0.340 e. The predicted octanol–water partition coefficient (Wildman–Crippen LogP) is 2.08. The number of hydrogen-bond donors (Lipinski definition) is 3. The summed E-state index contributed by atoms with van der Waals surface area (Å²) in [5.41, 5.74) is 6.26. The van der Waals surface area contributed by atoms with Crippen LogP contribution in [0.2, 0.25) is 0 Å². The first-order valence-electron chi connectivity index (χ1n) is 5.72. The van der Waals surface area contributed by atoms with Crippen LogP contribution in [0.15, 0.2) is 23.2 Å². The first kappa shape index (κ1) is 16.5. The number of carboxylic acids is 1. The van der Waals surface area contributed by atoms with Gasteiger partial charge in [0.25, 0.3) is 0 Å². The van der Waals surface area contributed by atoms with Crippen molar-refractivity contribution < 1.29 is 19.4 Å². The Morgan fingerprint density at radius 1 is 1.38 bits per heavy atom. The molecule has 1 aromatic carbocycles. The number of nitrogens with zero attached hydrogens (tertiary/aromatic N) is 1. The van der Waals surface area contributed by atoms with Gasteiger partial charge in [0.05, 0.1) is 18.5 Å². The number of rotatable bonds is 3. The number of carbonyl (C=O) groups excluding carboxylic acids is 1. The van der Waals surface area contributed by atoms with Gasteiger partial charge in [-0.3, -0.25) is 0 Å².